The van der Waals surface area contributed by atoms with Crippen molar-refractivity contribution >= 4 is 5.69 Å². The molecular weight excluding hydrogens is 186 g/mol. The summed E-state index contributed by atoms with van der Waals surface area (Å²) in [5, 5.41) is 0. The van der Waals surface area contributed by atoms with Gasteiger partial charge in [-0.3, -0.25) is 0 Å². The molecule has 3 nitrogen and oxygen atoms in total. The lowest BCUT2D eigenvalue weighted by Crippen LogP contribution is -1.87. The lowest BCUT2D eigenvalue weighted by atomic mass is 10.1. The van der Waals surface area contributed by atoms with Crippen LogP contribution in [-0.2, 0) is 0 Å². The summed E-state index contributed by atoms with van der Waals surface area (Å²) in [7, 11) is 0. The average Bonchev–Trinajstić information content (AvgIpc) is 2.68. The van der Waals surface area contributed by atoms with E-state index in [2.05, 4.69) is 23.8 Å². The molecule has 0 saturated carbocycles. The maximum atomic E-state index is 5.63. The number of H-pyrrole nitrogens is 1. The zero-order valence-corrected chi connectivity index (χ0v) is 8.99. The zero-order valence-electron chi connectivity index (χ0n) is 8.99. The van der Waals surface area contributed by atoms with E-state index < -0.39 is 0 Å². The molecule has 15 heavy (non-hydrogen) atoms. The Morgan fingerprint density at radius 3 is 2.40 bits per heavy atom. The van der Waals surface area contributed by atoms with Gasteiger partial charge in [-0.05, 0) is 30.2 Å². The number of imidazole rings is 1. The molecule has 78 valence electrons. The summed E-state index contributed by atoms with van der Waals surface area (Å²) in [5.41, 5.74) is 8.62. The fourth-order valence-electron chi connectivity index (χ4n) is 1.42. The molecule has 3 N–H and O–H groups in total. The topological polar surface area (TPSA) is 54.7 Å². The smallest absolute Gasteiger partial charge is 0.137 e. The molecule has 1 heterocycles. The second-order valence-corrected chi connectivity index (χ2v) is 3.96. The van der Waals surface area contributed by atoms with Crippen LogP contribution >= 0.6 is 0 Å². The summed E-state index contributed by atoms with van der Waals surface area (Å²) >= 11 is 0. The van der Waals surface area contributed by atoms with Crippen molar-refractivity contribution in [3.05, 3.63) is 36.2 Å². The number of hydrogen-bond acceptors (Lipinski definition) is 2. The number of rotatable bonds is 2. The Morgan fingerprint density at radius 1 is 1.20 bits per heavy atom. The van der Waals surface area contributed by atoms with Gasteiger partial charge in [-0.15, -0.1) is 0 Å². The largest absolute Gasteiger partial charge is 0.399 e. The summed E-state index contributed by atoms with van der Waals surface area (Å²) in [6.45, 7) is 4.28. The van der Waals surface area contributed by atoms with Gasteiger partial charge in [0, 0.05) is 23.1 Å². The highest BCUT2D eigenvalue weighted by molar-refractivity contribution is 5.58. The molecular formula is C12H15N3. The van der Waals surface area contributed by atoms with E-state index >= 15 is 0 Å². The van der Waals surface area contributed by atoms with E-state index in [9.17, 15) is 0 Å². The van der Waals surface area contributed by atoms with Crippen molar-refractivity contribution in [2.45, 2.75) is 19.8 Å². The second kappa shape index (κ2) is 3.77. The quantitative estimate of drug-likeness (QED) is 0.734. The molecule has 0 aliphatic carbocycles. The molecule has 1 aromatic heterocycles. The molecule has 0 unspecified atom stereocenters. The fraction of sp³-hybridized carbons (Fsp3) is 0.250. The third kappa shape index (κ3) is 2.01. The lowest BCUT2D eigenvalue weighted by Gasteiger charge is -2.00. The Labute approximate surface area is 89.4 Å². The van der Waals surface area contributed by atoms with Crippen LogP contribution in [0.4, 0.5) is 5.69 Å². The van der Waals surface area contributed by atoms with Gasteiger partial charge in [-0.2, -0.15) is 0 Å². The van der Waals surface area contributed by atoms with Crippen molar-refractivity contribution in [2.24, 2.45) is 0 Å². The first-order valence-electron chi connectivity index (χ1n) is 5.07. The maximum Gasteiger partial charge on any atom is 0.137 e. The Hall–Kier alpha value is -1.77. The third-order valence-electron chi connectivity index (χ3n) is 2.40. The predicted octanol–water partition coefficient (Wildman–Crippen LogP) is 2.78. The SMILES string of the molecule is CC(C)c1cnc(-c2ccc(N)cc2)[nH]1. The molecule has 2 aromatic rings. The van der Waals surface area contributed by atoms with Gasteiger partial charge in [0.05, 0.1) is 0 Å². The van der Waals surface area contributed by atoms with Crippen molar-refractivity contribution in [2.75, 3.05) is 5.73 Å². The van der Waals surface area contributed by atoms with Crippen LogP contribution in [0.5, 0.6) is 0 Å². The molecule has 0 amide bonds. The Morgan fingerprint density at radius 2 is 1.87 bits per heavy atom. The summed E-state index contributed by atoms with van der Waals surface area (Å²) in [4.78, 5) is 7.64. The van der Waals surface area contributed by atoms with E-state index in [4.69, 9.17) is 5.73 Å². The first kappa shape index (κ1) is 9.77. The number of nitrogens with two attached hydrogens (primary N) is 1. The van der Waals surface area contributed by atoms with Crippen molar-refractivity contribution < 1.29 is 0 Å². The average molecular weight is 201 g/mol. The van der Waals surface area contributed by atoms with Gasteiger partial charge in [-0.1, -0.05) is 13.8 Å². The van der Waals surface area contributed by atoms with Gasteiger partial charge >= 0.3 is 0 Å². The molecule has 0 aliphatic heterocycles. The summed E-state index contributed by atoms with van der Waals surface area (Å²) in [5.74, 6) is 1.37. The highest BCUT2D eigenvalue weighted by Gasteiger charge is 2.05. The normalized spacial score (nSPS) is 10.9. The number of nitrogens with zero attached hydrogens (tertiary/aromatic N) is 1. The van der Waals surface area contributed by atoms with Gasteiger partial charge < -0.3 is 10.7 Å². The standard InChI is InChI=1S/C12H15N3/c1-8(2)11-7-14-12(15-11)9-3-5-10(13)6-4-9/h3-8H,13H2,1-2H3,(H,14,15). The first-order chi connectivity index (χ1) is 7.16. The molecule has 0 bridgehead atoms. The Balaban J connectivity index is 2.33. The number of anilines is 1. The number of nitrogens with one attached hydrogen (secondary N) is 1. The van der Waals surface area contributed by atoms with Crippen LogP contribution in [0, 0.1) is 0 Å². The van der Waals surface area contributed by atoms with Gasteiger partial charge in [0.25, 0.3) is 0 Å². The molecule has 2 rings (SSSR count). The fourth-order valence-corrected chi connectivity index (χ4v) is 1.42. The minimum atomic E-state index is 0.472. The minimum absolute atomic E-state index is 0.472. The van der Waals surface area contributed by atoms with Gasteiger partial charge in [0.15, 0.2) is 0 Å². The van der Waals surface area contributed by atoms with Crippen LogP contribution in [0.25, 0.3) is 11.4 Å². The van der Waals surface area contributed by atoms with Crippen LogP contribution in [0.1, 0.15) is 25.5 Å². The van der Waals surface area contributed by atoms with E-state index in [0.29, 0.717) is 5.92 Å². The van der Waals surface area contributed by atoms with E-state index in [1.165, 1.54) is 0 Å². The van der Waals surface area contributed by atoms with Crippen molar-refractivity contribution in [1.82, 2.24) is 9.97 Å². The van der Waals surface area contributed by atoms with Crippen LogP contribution in [-0.4, -0.2) is 9.97 Å². The van der Waals surface area contributed by atoms with Crippen molar-refractivity contribution in [3.63, 3.8) is 0 Å². The van der Waals surface area contributed by atoms with Gasteiger partial charge in [-0.25, -0.2) is 4.98 Å². The lowest BCUT2D eigenvalue weighted by molar-refractivity contribution is 0.833. The maximum absolute atomic E-state index is 5.63. The predicted molar refractivity (Wildman–Crippen MR) is 62.5 cm³/mol. The highest BCUT2D eigenvalue weighted by Crippen LogP contribution is 2.20. The van der Waals surface area contributed by atoms with Crippen molar-refractivity contribution in [3.8, 4) is 11.4 Å². The Kier molecular flexibility index (Phi) is 2.46. The van der Waals surface area contributed by atoms with Crippen LogP contribution in [0.3, 0.4) is 0 Å². The monoisotopic (exact) mass is 201 g/mol. The van der Waals surface area contributed by atoms with Crippen LogP contribution < -0.4 is 5.73 Å². The molecule has 0 saturated heterocycles. The molecule has 0 aliphatic rings. The number of aromatic nitrogens is 2. The number of hydrogen-bond donors (Lipinski definition) is 2. The highest BCUT2D eigenvalue weighted by atomic mass is 14.9. The van der Waals surface area contributed by atoms with Crippen LogP contribution in [0.2, 0.25) is 0 Å². The second-order valence-electron chi connectivity index (χ2n) is 3.96. The van der Waals surface area contributed by atoms with E-state index in [1.54, 1.807) is 0 Å². The summed E-state index contributed by atoms with van der Waals surface area (Å²) in [6.07, 6.45) is 1.89. The third-order valence-corrected chi connectivity index (χ3v) is 2.40. The minimum Gasteiger partial charge on any atom is -0.399 e. The number of benzene rings is 1. The molecule has 3 heteroatoms. The van der Waals surface area contributed by atoms with Crippen LogP contribution in [0.15, 0.2) is 30.5 Å². The van der Waals surface area contributed by atoms with Gasteiger partial charge in [0.2, 0.25) is 0 Å². The molecule has 1 aromatic carbocycles. The summed E-state index contributed by atoms with van der Waals surface area (Å²) in [6, 6.07) is 7.70. The molecule has 0 fully saturated rings. The Bertz CT molecular complexity index is 440. The van der Waals surface area contributed by atoms with Gasteiger partial charge in [0.1, 0.15) is 5.82 Å². The van der Waals surface area contributed by atoms with E-state index in [1.807, 2.05) is 30.5 Å². The number of nitrogen functional groups attached to an aromatic ring is 1. The van der Waals surface area contributed by atoms with E-state index in [-0.39, 0.29) is 0 Å². The first-order valence-corrected chi connectivity index (χ1v) is 5.07. The zero-order chi connectivity index (χ0) is 10.8. The van der Waals surface area contributed by atoms with Crippen molar-refractivity contribution in [1.29, 1.82) is 0 Å². The molecule has 0 spiro atoms. The molecule has 0 radical (unpaired) electrons. The summed E-state index contributed by atoms with van der Waals surface area (Å²) < 4.78 is 0. The molecule has 0 atom stereocenters. The van der Waals surface area contributed by atoms with E-state index in [0.717, 1.165) is 22.8 Å². The number of aromatic amines is 1.